The van der Waals surface area contributed by atoms with Crippen molar-refractivity contribution in [3.8, 4) is 0 Å². The molecule has 0 aromatic rings. The van der Waals surface area contributed by atoms with Crippen molar-refractivity contribution in [3.63, 3.8) is 0 Å². The second kappa shape index (κ2) is 4.39. The Kier molecular flexibility index (Phi) is 3.46. The molecule has 1 aliphatic rings. The van der Waals surface area contributed by atoms with E-state index in [0.29, 0.717) is 6.54 Å². The van der Waals surface area contributed by atoms with Crippen LogP contribution in [0.5, 0.6) is 0 Å². The van der Waals surface area contributed by atoms with Gasteiger partial charge in [-0.25, -0.2) is 4.89 Å². The quantitative estimate of drug-likeness (QED) is 0.406. The molecule has 0 aliphatic carbocycles. The molecular formula is C7H12NO4-. The summed E-state index contributed by atoms with van der Waals surface area (Å²) < 4.78 is 0. The van der Waals surface area contributed by atoms with Crippen LogP contribution in [0.25, 0.3) is 0 Å². The van der Waals surface area contributed by atoms with Crippen LogP contribution in [0.3, 0.4) is 0 Å². The van der Waals surface area contributed by atoms with Gasteiger partial charge in [0.05, 0.1) is 5.97 Å². The highest BCUT2D eigenvalue weighted by Gasteiger charge is 2.25. The van der Waals surface area contributed by atoms with E-state index in [0.717, 1.165) is 19.4 Å². The van der Waals surface area contributed by atoms with Crippen molar-refractivity contribution in [2.24, 2.45) is 5.92 Å². The number of carbonyl (C=O) groups is 1. The fourth-order valence-corrected chi connectivity index (χ4v) is 1.46. The average molecular weight is 174 g/mol. The third-order valence-electron chi connectivity index (χ3n) is 2.11. The molecule has 1 fully saturated rings. The fraction of sp³-hybridized carbons (Fsp3) is 0.857. The Morgan fingerprint density at radius 1 is 1.75 bits per heavy atom. The van der Waals surface area contributed by atoms with E-state index in [9.17, 15) is 9.90 Å². The molecule has 0 aromatic carbocycles. The fourth-order valence-electron chi connectivity index (χ4n) is 1.46. The van der Waals surface area contributed by atoms with Crippen LogP contribution in [0.15, 0.2) is 0 Å². The first-order chi connectivity index (χ1) is 5.75. The first-order valence-corrected chi connectivity index (χ1v) is 3.97. The SMILES string of the molecule is O=C([O-])C(OO)C1CCCNC1. The predicted octanol–water partition coefficient (Wildman–Crippen LogP) is -1.41. The summed E-state index contributed by atoms with van der Waals surface area (Å²) in [5.41, 5.74) is 0. The zero-order chi connectivity index (χ0) is 8.97. The normalized spacial score (nSPS) is 26.6. The lowest BCUT2D eigenvalue weighted by Crippen LogP contribution is -2.47. The summed E-state index contributed by atoms with van der Waals surface area (Å²) in [4.78, 5) is 14.3. The molecule has 12 heavy (non-hydrogen) atoms. The van der Waals surface area contributed by atoms with Gasteiger partial charge in [-0.2, -0.15) is 0 Å². The highest BCUT2D eigenvalue weighted by Crippen LogP contribution is 2.15. The molecule has 0 spiro atoms. The number of carboxylic acid groups (broad SMARTS) is 1. The third-order valence-corrected chi connectivity index (χ3v) is 2.11. The van der Waals surface area contributed by atoms with Crippen LogP contribution in [0.2, 0.25) is 0 Å². The van der Waals surface area contributed by atoms with Crippen LogP contribution >= 0.6 is 0 Å². The van der Waals surface area contributed by atoms with Crippen LogP contribution < -0.4 is 10.4 Å². The number of carboxylic acids is 1. The molecule has 0 radical (unpaired) electrons. The van der Waals surface area contributed by atoms with E-state index in [1.807, 2.05) is 0 Å². The van der Waals surface area contributed by atoms with E-state index in [4.69, 9.17) is 5.26 Å². The van der Waals surface area contributed by atoms with Crippen molar-refractivity contribution in [1.29, 1.82) is 0 Å². The maximum atomic E-state index is 10.4. The molecule has 2 N–H and O–H groups in total. The molecule has 1 heterocycles. The number of piperidine rings is 1. The molecule has 0 aromatic heterocycles. The number of carbonyl (C=O) groups excluding carboxylic acids is 1. The zero-order valence-electron chi connectivity index (χ0n) is 6.66. The Balaban J connectivity index is 2.46. The van der Waals surface area contributed by atoms with Gasteiger partial charge in [0.15, 0.2) is 0 Å². The van der Waals surface area contributed by atoms with Crippen LogP contribution in [0.4, 0.5) is 0 Å². The number of aliphatic carboxylic acids is 1. The maximum Gasteiger partial charge on any atom is 0.136 e. The van der Waals surface area contributed by atoms with Crippen molar-refractivity contribution < 1.29 is 20.0 Å². The van der Waals surface area contributed by atoms with Crippen LogP contribution in [-0.2, 0) is 9.68 Å². The van der Waals surface area contributed by atoms with Gasteiger partial charge in [0.2, 0.25) is 0 Å². The van der Waals surface area contributed by atoms with Crippen molar-refractivity contribution >= 4 is 5.97 Å². The Hall–Kier alpha value is -0.650. The van der Waals surface area contributed by atoms with Gasteiger partial charge in [-0.3, -0.25) is 5.26 Å². The molecule has 1 saturated heterocycles. The summed E-state index contributed by atoms with van der Waals surface area (Å²) in [5.74, 6) is -1.54. The van der Waals surface area contributed by atoms with E-state index in [-0.39, 0.29) is 5.92 Å². The lowest BCUT2D eigenvalue weighted by atomic mass is 9.94. The molecule has 5 nitrogen and oxygen atoms in total. The summed E-state index contributed by atoms with van der Waals surface area (Å²) in [5, 5.41) is 21.7. The highest BCUT2D eigenvalue weighted by molar-refractivity contribution is 5.70. The van der Waals surface area contributed by atoms with Crippen molar-refractivity contribution in [2.45, 2.75) is 18.9 Å². The summed E-state index contributed by atoms with van der Waals surface area (Å²) >= 11 is 0. The first kappa shape index (κ1) is 9.44. The van der Waals surface area contributed by atoms with Gasteiger partial charge < -0.3 is 15.2 Å². The molecule has 0 saturated carbocycles. The monoisotopic (exact) mass is 174 g/mol. The average Bonchev–Trinajstić information content (AvgIpc) is 2.07. The molecule has 1 rings (SSSR count). The van der Waals surface area contributed by atoms with Gasteiger partial charge >= 0.3 is 0 Å². The molecular weight excluding hydrogens is 162 g/mol. The number of rotatable bonds is 3. The molecule has 5 heteroatoms. The smallest absolute Gasteiger partial charge is 0.136 e. The highest BCUT2D eigenvalue weighted by atomic mass is 17.1. The van der Waals surface area contributed by atoms with Gasteiger partial charge in [0, 0.05) is 12.5 Å². The summed E-state index contributed by atoms with van der Waals surface area (Å²) in [6.07, 6.45) is 0.446. The van der Waals surface area contributed by atoms with Gasteiger partial charge in [0.1, 0.15) is 6.10 Å². The first-order valence-electron chi connectivity index (χ1n) is 3.97. The minimum atomic E-state index is -1.36. The van der Waals surface area contributed by atoms with E-state index in [1.54, 1.807) is 0 Å². The Bertz CT molecular complexity index is 155. The number of hydrogen-bond donors (Lipinski definition) is 2. The lowest BCUT2D eigenvalue weighted by molar-refractivity contribution is -0.353. The summed E-state index contributed by atoms with van der Waals surface area (Å²) in [6.45, 7) is 1.45. The Labute approximate surface area is 70.3 Å². The second-order valence-corrected chi connectivity index (χ2v) is 2.95. The van der Waals surface area contributed by atoms with Crippen LogP contribution in [0, 0.1) is 5.92 Å². The second-order valence-electron chi connectivity index (χ2n) is 2.95. The van der Waals surface area contributed by atoms with Crippen molar-refractivity contribution in [1.82, 2.24) is 5.32 Å². The van der Waals surface area contributed by atoms with E-state index in [2.05, 4.69) is 10.2 Å². The largest absolute Gasteiger partial charge is 0.547 e. The van der Waals surface area contributed by atoms with Crippen molar-refractivity contribution in [3.05, 3.63) is 0 Å². The molecule has 0 amide bonds. The molecule has 2 unspecified atom stereocenters. The predicted molar refractivity (Wildman–Crippen MR) is 38.1 cm³/mol. The van der Waals surface area contributed by atoms with E-state index < -0.39 is 12.1 Å². The van der Waals surface area contributed by atoms with Gasteiger partial charge in [-0.15, -0.1) is 0 Å². The van der Waals surface area contributed by atoms with Crippen LogP contribution in [0.1, 0.15) is 12.8 Å². The zero-order valence-corrected chi connectivity index (χ0v) is 6.66. The third kappa shape index (κ3) is 2.17. The molecule has 70 valence electrons. The molecule has 2 atom stereocenters. The van der Waals surface area contributed by atoms with E-state index >= 15 is 0 Å². The van der Waals surface area contributed by atoms with Crippen LogP contribution in [-0.4, -0.2) is 30.4 Å². The molecule has 1 aliphatic heterocycles. The number of hydrogen-bond acceptors (Lipinski definition) is 5. The minimum Gasteiger partial charge on any atom is -0.547 e. The summed E-state index contributed by atoms with van der Waals surface area (Å²) in [7, 11) is 0. The van der Waals surface area contributed by atoms with Gasteiger partial charge in [-0.05, 0) is 19.4 Å². The Morgan fingerprint density at radius 3 is 2.92 bits per heavy atom. The minimum absolute atomic E-state index is 0.186. The lowest BCUT2D eigenvalue weighted by Gasteiger charge is -2.28. The number of nitrogens with one attached hydrogen (secondary N) is 1. The van der Waals surface area contributed by atoms with E-state index in [1.165, 1.54) is 0 Å². The molecule has 0 bridgehead atoms. The van der Waals surface area contributed by atoms with Gasteiger partial charge in [-0.1, -0.05) is 0 Å². The Morgan fingerprint density at radius 2 is 2.50 bits per heavy atom. The topological polar surface area (TPSA) is 81.6 Å². The standard InChI is InChI=1S/C7H13NO4/c9-7(10)6(12-11)5-2-1-3-8-4-5/h5-6,8,11H,1-4H2,(H,9,10)/p-1. The maximum absolute atomic E-state index is 10.4. The van der Waals surface area contributed by atoms with Gasteiger partial charge in [0.25, 0.3) is 0 Å². The summed E-state index contributed by atoms with van der Waals surface area (Å²) in [6, 6.07) is 0. The van der Waals surface area contributed by atoms with Crippen molar-refractivity contribution in [2.75, 3.05) is 13.1 Å².